The summed E-state index contributed by atoms with van der Waals surface area (Å²) in [6.07, 6.45) is 1.61. The maximum Gasteiger partial charge on any atom is 0.363 e. The van der Waals surface area contributed by atoms with E-state index in [1.807, 2.05) is 19.1 Å². The Bertz CT molecular complexity index is 897. The van der Waals surface area contributed by atoms with Gasteiger partial charge in [0.2, 0.25) is 5.90 Å². The van der Waals surface area contributed by atoms with Gasteiger partial charge in [-0.05, 0) is 42.8 Å². The van der Waals surface area contributed by atoms with E-state index in [4.69, 9.17) is 14.2 Å². The predicted octanol–water partition coefficient (Wildman–Crippen LogP) is 3.36. The second-order valence-corrected chi connectivity index (χ2v) is 5.43. The molecular weight excluding hydrogens is 334 g/mol. The first-order chi connectivity index (χ1) is 12.6. The van der Waals surface area contributed by atoms with Crippen molar-refractivity contribution in [1.82, 2.24) is 0 Å². The molecule has 0 atom stereocenters. The number of nitrogens with zero attached hydrogens (tertiary/aromatic N) is 1. The number of carbonyl (C=O) groups excluding carboxylic acids is 2. The zero-order valence-electron chi connectivity index (χ0n) is 14.4. The average Bonchev–Trinajstić information content (AvgIpc) is 2.97. The minimum absolute atomic E-state index is 0.187. The summed E-state index contributed by atoms with van der Waals surface area (Å²) in [5.74, 6) is 0.326. The third-order valence-electron chi connectivity index (χ3n) is 3.48. The first-order valence-electron chi connectivity index (χ1n) is 8.10. The molecule has 1 heterocycles. The average molecular weight is 351 g/mol. The molecule has 0 spiro atoms. The number of para-hydroxylation sites is 1. The van der Waals surface area contributed by atoms with Gasteiger partial charge in [0.25, 0.3) is 0 Å². The number of benzene rings is 2. The second kappa shape index (κ2) is 7.65. The van der Waals surface area contributed by atoms with Crippen molar-refractivity contribution >= 4 is 23.9 Å². The molecule has 6 heteroatoms. The summed E-state index contributed by atoms with van der Waals surface area (Å²) in [4.78, 5) is 27.4. The molecule has 0 saturated heterocycles. The molecule has 0 amide bonds. The highest BCUT2D eigenvalue weighted by Crippen LogP contribution is 2.25. The van der Waals surface area contributed by atoms with E-state index >= 15 is 0 Å². The Balaban J connectivity index is 1.86. The zero-order valence-corrected chi connectivity index (χ0v) is 14.4. The molecule has 6 nitrogen and oxygen atoms in total. The van der Waals surface area contributed by atoms with Crippen LogP contribution < -0.4 is 9.47 Å². The molecule has 0 aliphatic carbocycles. The van der Waals surface area contributed by atoms with Crippen LogP contribution >= 0.6 is 0 Å². The Labute approximate surface area is 150 Å². The molecule has 0 unspecified atom stereocenters. The topological polar surface area (TPSA) is 74.2 Å². The summed E-state index contributed by atoms with van der Waals surface area (Å²) in [5.41, 5.74) is 1.54. The van der Waals surface area contributed by atoms with Crippen molar-refractivity contribution in [2.45, 2.75) is 13.8 Å². The first-order valence-corrected chi connectivity index (χ1v) is 8.10. The van der Waals surface area contributed by atoms with Gasteiger partial charge in [0.1, 0.15) is 11.5 Å². The summed E-state index contributed by atoms with van der Waals surface area (Å²) in [5, 5.41) is 0. The van der Waals surface area contributed by atoms with Crippen molar-refractivity contribution in [3.05, 3.63) is 65.4 Å². The van der Waals surface area contributed by atoms with Crippen LogP contribution in [0.25, 0.3) is 6.08 Å². The van der Waals surface area contributed by atoms with Crippen molar-refractivity contribution in [3.63, 3.8) is 0 Å². The standard InChI is InChI=1S/C20H17NO5/c1-3-24-18-7-5-4-6-16(18)19-21-17(20(23)26-19)12-14-8-10-15(11-9-14)25-13(2)22/h4-12H,3H2,1-2H3/b17-12-. The Hall–Kier alpha value is -3.41. The first kappa shape index (κ1) is 17.4. The van der Waals surface area contributed by atoms with Gasteiger partial charge in [0.15, 0.2) is 5.70 Å². The normalized spacial score (nSPS) is 14.8. The van der Waals surface area contributed by atoms with E-state index in [1.54, 1.807) is 42.5 Å². The number of cyclic esters (lactones) is 1. The summed E-state index contributed by atoms with van der Waals surface area (Å²) in [6.45, 7) is 3.71. The molecule has 132 valence electrons. The summed E-state index contributed by atoms with van der Waals surface area (Å²) in [7, 11) is 0. The molecule has 0 radical (unpaired) electrons. The van der Waals surface area contributed by atoms with Gasteiger partial charge >= 0.3 is 11.9 Å². The molecule has 1 aliphatic rings. The highest BCUT2D eigenvalue weighted by Gasteiger charge is 2.26. The number of rotatable bonds is 5. The molecular formula is C20H17NO5. The lowest BCUT2D eigenvalue weighted by Crippen LogP contribution is -2.07. The zero-order chi connectivity index (χ0) is 18.5. The van der Waals surface area contributed by atoms with Crippen LogP contribution in [-0.4, -0.2) is 24.4 Å². The Morgan fingerprint density at radius 2 is 1.88 bits per heavy atom. The van der Waals surface area contributed by atoms with Crippen LogP contribution in [0.3, 0.4) is 0 Å². The monoisotopic (exact) mass is 351 g/mol. The van der Waals surface area contributed by atoms with Crippen LogP contribution in [0.2, 0.25) is 0 Å². The smallest absolute Gasteiger partial charge is 0.363 e. The molecule has 2 aromatic carbocycles. The Morgan fingerprint density at radius 1 is 1.15 bits per heavy atom. The summed E-state index contributed by atoms with van der Waals surface area (Å²) < 4.78 is 15.8. The molecule has 0 N–H and O–H groups in total. The lowest BCUT2D eigenvalue weighted by atomic mass is 10.2. The van der Waals surface area contributed by atoms with Crippen LogP contribution in [-0.2, 0) is 14.3 Å². The van der Waals surface area contributed by atoms with Crippen molar-refractivity contribution in [2.75, 3.05) is 6.61 Å². The number of hydrogen-bond acceptors (Lipinski definition) is 6. The van der Waals surface area contributed by atoms with Crippen LogP contribution in [0.5, 0.6) is 11.5 Å². The van der Waals surface area contributed by atoms with Gasteiger partial charge < -0.3 is 14.2 Å². The maximum atomic E-state index is 12.1. The SMILES string of the molecule is CCOc1ccccc1C1=N/C(=C\c2ccc(OC(C)=O)cc2)C(=O)O1. The number of carbonyl (C=O) groups is 2. The van der Waals surface area contributed by atoms with E-state index < -0.39 is 11.9 Å². The molecule has 3 rings (SSSR count). The summed E-state index contributed by atoms with van der Waals surface area (Å²) >= 11 is 0. The molecule has 0 bridgehead atoms. The number of ether oxygens (including phenoxy) is 3. The lowest BCUT2D eigenvalue weighted by molar-refractivity contribution is -0.132. The van der Waals surface area contributed by atoms with Crippen molar-refractivity contribution in [2.24, 2.45) is 4.99 Å². The molecule has 0 saturated carbocycles. The van der Waals surface area contributed by atoms with Gasteiger partial charge in [-0.1, -0.05) is 24.3 Å². The van der Waals surface area contributed by atoms with Gasteiger partial charge in [-0.25, -0.2) is 9.79 Å². The van der Waals surface area contributed by atoms with Gasteiger partial charge in [-0.2, -0.15) is 0 Å². The fourth-order valence-corrected chi connectivity index (χ4v) is 2.40. The number of hydrogen-bond donors (Lipinski definition) is 0. The van der Waals surface area contributed by atoms with Gasteiger partial charge in [0, 0.05) is 6.92 Å². The highest BCUT2D eigenvalue weighted by molar-refractivity contribution is 6.13. The molecule has 0 aromatic heterocycles. The van der Waals surface area contributed by atoms with Crippen molar-refractivity contribution < 1.29 is 23.8 Å². The van der Waals surface area contributed by atoms with E-state index in [2.05, 4.69) is 4.99 Å². The number of esters is 2. The highest BCUT2D eigenvalue weighted by atomic mass is 16.6. The van der Waals surface area contributed by atoms with E-state index in [0.29, 0.717) is 23.7 Å². The Morgan fingerprint density at radius 3 is 2.58 bits per heavy atom. The van der Waals surface area contributed by atoms with E-state index in [9.17, 15) is 9.59 Å². The minimum atomic E-state index is -0.532. The maximum absolute atomic E-state index is 12.1. The predicted molar refractivity (Wildman–Crippen MR) is 96.0 cm³/mol. The van der Waals surface area contributed by atoms with Crippen molar-refractivity contribution in [3.8, 4) is 11.5 Å². The van der Waals surface area contributed by atoms with Gasteiger partial charge in [-0.3, -0.25) is 4.79 Å². The Kier molecular flexibility index (Phi) is 5.12. The third-order valence-corrected chi connectivity index (χ3v) is 3.48. The fraction of sp³-hybridized carbons (Fsp3) is 0.150. The molecule has 26 heavy (non-hydrogen) atoms. The molecule has 2 aromatic rings. The quantitative estimate of drug-likeness (QED) is 0.469. The van der Waals surface area contributed by atoms with Crippen LogP contribution in [0.1, 0.15) is 25.0 Å². The van der Waals surface area contributed by atoms with Crippen molar-refractivity contribution in [1.29, 1.82) is 0 Å². The third kappa shape index (κ3) is 3.97. The van der Waals surface area contributed by atoms with Crippen LogP contribution in [0.4, 0.5) is 0 Å². The van der Waals surface area contributed by atoms with Crippen LogP contribution in [0.15, 0.2) is 59.2 Å². The van der Waals surface area contributed by atoms with Gasteiger partial charge in [-0.15, -0.1) is 0 Å². The van der Waals surface area contributed by atoms with Gasteiger partial charge in [0.05, 0.1) is 12.2 Å². The largest absolute Gasteiger partial charge is 0.493 e. The fourth-order valence-electron chi connectivity index (χ4n) is 2.40. The second-order valence-electron chi connectivity index (χ2n) is 5.43. The summed E-state index contributed by atoms with van der Waals surface area (Å²) in [6, 6.07) is 14.0. The van der Waals surface area contributed by atoms with E-state index in [0.717, 1.165) is 5.56 Å². The number of aliphatic imine (C=N–C) groups is 1. The van der Waals surface area contributed by atoms with E-state index in [-0.39, 0.29) is 11.6 Å². The molecule has 0 fully saturated rings. The van der Waals surface area contributed by atoms with E-state index in [1.165, 1.54) is 6.92 Å². The molecule has 1 aliphatic heterocycles. The minimum Gasteiger partial charge on any atom is -0.493 e. The van der Waals surface area contributed by atoms with Crippen LogP contribution in [0, 0.1) is 0 Å². The lowest BCUT2D eigenvalue weighted by Gasteiger charge is -2.08.